The minimum atomic E-state index is -2.73. The maximum atomic E-state index is 14.5. The van der Waals surface area contributed by atoms with Gasteiger partial charge in [0.2, 0.25) is 5.91 Å². The van der Waals surface area contributed by atoms with E-state index in [1.807, 2.05) is 12.1 Å². The molecule has 10 N–H and O–H groups in total. The summed E-state index contributed by atoms with van der Waals surface area (Å²) in [6.45, 7) is 0.538. The number of likely N-dealkylation sites (N-methyl/N-ethyl adjacent to an activating group) is 2. The summed E-state index contributed by atoms with van der Waals surface area (Å²) in [7, 11) is 6.50. The van der Waals surface area contributed by atoms with Crippen molar-refractivity contribution >= 4 is 29.1 Å². The molecule has 14 heteroatoms. The highest BCUT2D eigenvalue weighted by atomic mass is 16.3. The zero-order valence-electron chi connectivity index (χ0n) is 26.4. The van der Waals surface area contributed by atoms with Gasteiger partial charge in [-0.15, -0.1) is 0 Å². The number of nitriles is 1. The Labute approximate surface area is 270 Å². The quantitative estimate of drug-likeness (QED) is 0.193. The molecule has 47 heavy (non-hydrogen) atoms. The predicted molar refractivity (Wildman–Crippen MR) is 170 cm³/mol. The van der Waals surface area contributed by atoms with Crippen LogP contribution < -0.4 is 22.5 Å². The summed E-state index contributed by atoms with van der Waals surface area (Å²) in [4.78, 5) is 55.6. The number of primary amides is 1. The molecule has 0 saturated heterocycles. The van der Waals surface area contributed by atoms with Crippen LogP contribution in [-0.2, 0) is 32.1 Å². The van der Waals surface area contributed by atoms with Crippen LogP contribution in [0.4, 0.5) is 0 Å². The lowest BCUT2D eigenvalue weighted by atomic mass is 9.47. The second kappa shape index (κ2) is 11.3. The summed E-state index contributed by atoms with van der Waals surface area (Å²) in [5, 5.41) is 47.4. The Balaban J connectivity index is 1.66. The highest BCUT2D eigenvalue weighted by Crippen LogP contribution is 2.58. The second-order valence-electron chi connectivity index (χ2n) is 13.0. The fourth-order valence-electron chi connectivity index (χ4n) is 7.45. The van der Waals surface area contributed by atoms with Crippen LogP contribution in [-0.4, -0.2) is 100 Å². The van der Waals surface area contributed by atoms with Crippen LogP contribution in [0.1, 0.15) is 23.1 Å². The van der Waals surface area contributed by atoms with Gasteiger partial charge in [-0.3, -0.25) is 24.1 Å². The number of nitrogens with zero attached hydrogens (tertiary/aromatic N) is 3. The van der Waals surface area contributed by atoms with Crippen molar-refractivity contribution in [1.82, 2.24) is 15.1 Å². The number of aliphatic hydroxyl groups excluding tert-OH is 2. The Kier molecular flexibility index (Phi) is 8.02. The number of ketones is 2. The zero-order valence-corrected chi connectivity index (χ0v) is 26.4. The van der Waals surface area contributed by atoms with Crippen LogP contribution in [0.3, 0.4) is 0 Å². The molecular weight excluding hydrogens is 606 g/mol. The number of nitrogens with two attached hydrogens (primary N) is 3. The van der Waals surface area contributed by atoms with Crippen molar-refractivity contribution in [2.75, 3.05) is 34.7 Å². The van der Waals surface area contributed by atoms with Crippen molar-refractivity contribution in [2.24, 2.45) is 22.6 Å². The normalized spacial score (nSPS) is 26.9. The van der Waals surface area contributed by atoms with E-state index in [9.17, 15) is 39.8 Å². The smallest absolute Gasteiger partial charge is 0.255 e. The SMILES string of the molecule is CN(C)CC(=O)NCc1ccc(-c2ccc(O)c3c2C[C@@]2(N)C[C@@]4(N)[C@H](N(C)C)C(=O)C(C(N)=O)=C(O)[C@@]4(C#N)C(=O)C2=C3O)cc1. The molecule has 0 aliphatic heterocycles. The van der Waals surface area contributed by atoms with E-state index in [0.717, 1.165) is 5.56 Å². The van der Waals surface area contributed by atoms with Crippen LogP contribution in [0.25, 0.3) is 16.9 Å². The molecule has 1 fully saturated rings. The van der Waals surface area contributed by atoms with Gasteiger partial charge in [-0.1, -0.05) is 30.3 Å². The Morgan fingerprint density at radius 3 is 2.23 bits per heavy atom. The van der Waals surface area contributed by atoms with E-state index in [1.54, 1.807) is 43.3 Å². The zero-order chi connectivity index (χ0) is 34.8. The number of Topliss-reactive ketones (excluding diaryl/α,β-unsaturated/α-hetero) is 2. The van der Waals surface area contributed by atoms with Crippen molar-refractivity contribution in [1.29, 1.82) is 5.26 Å². The van der Waals surface area contributed by atoms with Crippen LogP contribution in [0.2, 0.25) is 0 Å². The monoisotopic (exact) mass is 643 g/mol. The van der Waals surface area contributed by atoms with Gasteiger partial charge in [-0.05, 0) is 69.4 Å². The highest BCUT2D eigenvalue weighted by molar-refractivity contribution is 6.25. The maximum absolute atomic E-state index is 14.5. The van der Waals surface area contributed by atoms with Crippen LogP contribution >= 0.6 is 0 Å². The summed E-state index contributed by atoms with van der Waals surface area (Å²) in [6, 6.07) is 10.5. The van der Waals surface area contributed by atoms with Crippen molar-refractivity contribution in [2.45, 2.75) is 36.5 Å². The molecule has 3 aliphatic rings. The van der Waals surface area contributed by atoms with E-state index in [1.165, 1.54) is 25.1 Å². The number of benzene rings is 2. The molecule has 2 amide bonds. The number of hydrogen-bond donors (Lipinski definition) is 7. The molecular formula is C33H37N7O7. The standard InChI is InChI=1S/C33H37N7O7/c1-39(2)13-21(42)38-12-16-5-7-17(8-6-16)18-9-10-20(41)22-19(18)11-31(36)14-33(37)27(40(3)4)26(44)23(30(35)47)28(45)32(33,15-34)29(46)24(31)25(22)43/h5-10,27,41,43,45H,11-14,36-37H2,1-4H3,(H2,35,47)(H,38,42)/t27-,31-,32+,33-/m1/s1. The minimum Gasteiger partial charge on any atom is -0.509 e. The van der Waals surface area contributed by atoms with Gasteiger partial charge in [-0.25, -0.2) is 0 Å². The van der Waals surface area contributed by atoms with Crippen LogP contribution in [0, 0.1) is 16.7 Å². The molecule has 246 valence electrons. The summed E-state index contributed by atoms with van der Waals surface area (Å²) < 4.78 is 0. The molecule has 0 spiro atoms. The molecule has 5 rings (SSSR count). The lowest BCUT2D eigenvalue weighted by molar-refractivity contribution is -0.139. The van der Waals surface area contributed by atoms with Crippen molar-refractivity contribution in [3.05, 3.63) is 70.0 Å². The largest absolute Gasteiger partial charge is 0.509 e. The number of phenolic OH excluding ortho intramolecular Hbond substituents is 1. The number of carbonyl (C=O) groups is 4. The summed E-state index contributed by atoms with van der Waals surface area (Å²) in [6.07, 6.45) is -0.634. The predicted octanol–water partition coefficient (Wildman–Crippen LogP) is -0.250. The third-order valence-electron chi connectivity index (χ3n) is 9.35. The summed E-state index contributed by atoms with van der Waals surface area (Å²) >= 11 is 0. The molecule has 0 radical (unpaired) electrons. The summed E-state index contributed by atoms with van der Waals surface area (Å²) in [5.74, 6) is -5.97. The van der Waals surface area contributed by atoms with Gasteiger partial charge >= 0.3 is 0 Å². The van der Waals surface area contributed by atoms with Gasteiger partial charge in [0.25, 0.3) is 5.91 Å². The third-order valence-corrected chi connectivity index (χ3v) is 9.35. The number of aliphatic hydroxyl groups is 2. The molecule has 0 aromatic heterocycles. The van der Waals surface area contributed by atoms with Crippen molar-refractivity contribution in [3.8, 4) is 22.9 Å². The topological polar surface area (TPSA) is 249 Å². The Morgan fingerprint density at radius 2 is 1.68 bits per heavy atom. The van der Waals surface area contributed by atoms with E-state index in [2.05, 4.69) is 5.32 Å². The Morgan fingerprint density at radius 1 is 1.04 bits per heavy atom. The van der Waals surface area contributed by atoms with E-state index in [0.29, 0.717) is 23.2 Å². The number of rotatable bonds is 7. The summed E-state index contributed by atoms with van der Waals surface area (Å²) in [5.41, 5.74) is 13.5. The van der Waals surface area contributed by atoms with Gasteiger partial charge in [0.15, 0.2) is 17.0 Å². The first-order chi connectivity index (χ1) is 21.9. The average molecular weight is 644 g/mol. The molecule has 0 heterocycles. The Hall–Kier alpha value is -5.07. The fourth-order valence-corrected chi connectivity index (χ4v) is 7.45. The fraction of sp³-hybridized carbons (Fsp3) is 0.364. The van der Waals surface area contributed by atoms with Gasteiger partial charge in [-0.2, -0.15) is 5.26 Å². The average Bonchev–Trinajstić information content (AvgIpc) is 2.95. The molecule has 2 aromatic carbocycles. The molecule has 0 bridgehead atoms. The molecule has 14 nitrogen and oxygen atoms in total. The van der Waals surface area contributed by atoms with E-state index in [4.69, 9.17) is 17.2 Å². The lowest BCUT2D eigenvalue weighted by Gasteiger charge is -2.58. The molecule has 0 unspecified atom stereocenters. The number of nitrogens with one attached hydrogen (secondary N) is 1. The molecule has 2 aromatic rings. The first-order valence-electron chi connectivity index (χ1n) is 14.7. The number of carbonyl (C=O) groups excluding carboxylic acids is 4. The number of phenols is 1. The number of aromatic hydroxyl groups is 1. The first kappa shape index (κ1) is 33.3. The van der Waals surface area contributed by atoms with Gasteiger partial charge in [0, 0.05) is 6.54 Å². The third kappa shape index (κ3) is 4.78. The number of fused-ring (bicyclic) bond motifs is 3. The lowest BCUT2D eigenvalue weighted by Crippen LogP contribution is -2.80. The maximum Gasteiger partial charge on any atom is 0.255 e. The van der Waals surface area contributed by atoms with Crippen LogP contribution in [0.15, 0.2) is 53.3 Å². The van der Waals surface area contributed by atoms with Gasteiger partial charge in [0.1, 0.15) is 22.8 Å². The second-order valence-corrected chi connectivity index (χ2v) is 13.0. The number of hydrogen-bond acceptors (Lipinski definition) is 12. The molecule has 1 saturated carbocycles. The molecule has 3 aliphatic carbocycles. The highest BCUT2D eigenvalue weighted by Gasteiger charge is 2.74. The van der Waals surface area contributed by atoms with E-state index < -0.39 is 69.1 Å². The van der Waals surface area contributed by atoms with Crippen molar-refractivity contribution in [3.63, 3.8) is 0 Å². The minimum absolute atomic E-state index is 0.0980. The Bertz CT molecular complexity index is 1840. The van der Waals surface area contributed by atoms with E-state index in [-0.39, 0.29) is 30.2 Å². The van der Waals surface area contributed by atoms with E-state index >= 15 is 0 Å². The van der Waals surface area contributed by atoms with Crippen LogP contribution in [0.5, 0.6) is 5.75 Å². The number of amides is 2. The van der Waals surface area contributed by atoms with Gasteiger partial charge < -0.3 is 42.7 Å². The van der Waals surface area contributed by atoms with Gasteiger partial charge in [0.05, 0.1) is 40.9 Å². The first-order valence-corrected chi connectivity index (χ1v) is 14.7. The molecule has 4 atom stereocenters. The van der Waals surface area contributed by atoms with Crippen molar-refractivity contribution < 1.29 is 34.5 Å².